The molecule has 1 heterocycles. The van der Waals surface area contributed by atoms with Crippen molar-refractivity contribution in [3.05, 3.63) is 29.8 Å². The summed E-state index contributed by atoms with van der Waals surface area (Å²) in [6, 6.07) is 6.49. The lowest BCUT2D eigenvalue weighted by atomic mass is 9.93. The molecule has 0 aromatic heterocycles. The van der Waals surface area contributed by atoms with Gasteiger partial charge in [-0.25, -0.2) is 4.79 Å². The topological polar surface area (TPSA) is 114 Å². The number of anilines is 1. The molecule has 9 heteroatoms. The molecule has 1 fully saturated rings. The van der Waals surface area contributed by atoms with Crippen LogP contribution in [0.1, 0.15) is 50.4 Å². The van der Waals surface area contributed by atoms with Crippen molar-refractivity contribution < 1.29 is 28.7 Å². The number of nitrogens with one attached hydrogen (secondary N) is 2. The molecule has 1 aliphatic rings. The SMILES string of the molecule is COC(=O)CNC(=O)c1cccc(NC(=O)CC2CCN(C(=O)OC(C)(C)C)CC2)c1. The zero-order valence-electron chi connectivity index (χ0n) is 18.5. The van der Waals surface area contributed by atoms with Gasteiger partial charge in [-0.05, 0) is 57.7 Å². The fraction of sp³-hybridized carbons (Fsp3) is 0.545. The fourth-order valence-electron chi connectivity index (χ4n) is 3.19. The van der Waals surface area contributed by atoms with Gasteiger partial charge in [-0.15, -0.1) is 0 Å². The largest absolute Gasteiger partial charge is 0.468 e. The summed E-state index contributed by atoms with van der Waals surface area (Å²) in [5, 5.41) is 5.26. The summed E-state index contributed by atoms with van der Waals surface area (Å²) >= 11 is 0. The Morgan fingerprint density at radius 2 is 1.81 bits per heavy atom. The standard InChI is InChI=1S/C22H31N3O6/c1-22(2,3)31-21(29)25-10-8-15(9-11-25)12-18(26)24-17-7-5-6-16(13-17)20(28)23-14-19(27)30-4/h5-7,13,15H,8-12,14H2,1-4H3,(H,23,28)(H,24,26). The van der Waals surface area contributed by atoms with Gasteiger partial charge in [0.25, 0.3) is 5.91 Å². The number of ether oxygens (including phenoxy) is 2. The third-order valence-corrected chi connectivity index (χ3v) is 4.77. The molecule has 0 saturated carbocycles. The van der Waals surface area contributed by atoms with E-state index in [1.807, 2.05) is 20.8 Å². The van der Waals surface area contributed by atoms with Crippen LogP contribution in [-0.2, 0) is 19.1 Å². The fourth-order valence-corrected chi connectivity index (χ4v) is 3.19. The highest BCUT2D eigenvalue weighted by molar-refractivity contribution is 5.98. The van der Waals surface area contributed by atoms with Crippen molar-refractivity contribution in [1.82, 2.24) is 10.2 Å². The van der Waals surface area contributed by atoms with Crippen molar-refractivity contribution in [2.75, 3.05) is 32.1 Å². The summed E-state index contributed by atoms with van der Waals surface area (Å²) in [4.78, 5) is 49.5. The molecule has 1 aromatic rings. The highest BCUT2D eigenvalue weighted by atomic mass is 16.6. The monoisotopic (exact) mass is 433 g/mol. The highest BCUT2D eigenvalue weighted by Crippen LogP contribution is 2.23. The average molecular weight is 434 g/mol. The molecule has 1 aromatic carbocycles. The molecule has 0 atom stereocenters. The molecule has 0 aliphatic carbocycles. The number of amides is 3. The second-order valence-electron chi connectivity index (χ2n) is 8.50. The van der Waals surface area contributed by atoms with E-state index in [1.54, 1.807) is 29.2 Å². The molecule has 0 spiro atoms. The van der Waals surface area contributed by atoms with Crippen molar-refractivity contribution in [2.45, 2.75) is 45.6 Å². The van der Waals surface area contributed by atoms with Crippen LogP contribution < -0.4 is 10.6 Å². The Kier molecular flexibility index (Phi) is 8.41. The number of methoxy groups -OCH3 is 1. The number of carbonyl (C=O) groups is 4. The second kappa shape index (κ2) is 10.8. The quantitative estimate of drug-likeness (QED) is 0.667. The van der Waals surface area contributed by atoms with E-state index < -0.39 is 17.5 Å². The van der Waals surface area contributed by atoms with Gasteiger partial charge in [-0.3, -0.25) is 14.4 Å². The van der Waals surface area contributed by atoms with Gasteiger partial charge in [-0.1, -0.05) is 6.07 Å². The smallest absolute Gasteiger partial charge is 0.410 e. The van der Waals surface area contributed by atoms with Gasteiger partial charge >= 0.3 is 12.1 Å². The molecule has 2 N–H and O–H groups in total. The first-order valence-corrected chi connectivity index (χ1v) is 10.3. The molecular weight excluding hydrogens is 402 g/mol. The van der Waals surface area contributed by atoms with E-state index in [4.69, 9.17) is 4.74 Å². The molecule has 31 heavy (non-hydrogen) atoms. The molecule has 0 radical (unpaired) electrons. The number of hydrogen-bond acceptors (Lipinski definition) is 6. The number of piperidine rings is 1. The van der Waals surface area contributed by atoms with Gasteiger partial charge < -0.3 is 25.0 Å². The molecule has 1 saturated heterocycles. The second-order valence-corrected chi connectivity index (χ2v) is 8.50. The molecule has 2 rings (SSSR count). The van der Waals surface area contributed by atoms with E-state index in [2.05, 4.69) is 15.4 Å². The summed E-state index contributed by atoms with van der Waals surface area (Å²) in [6.45, 7) is 6.39. The van der Waals surface area contributed by atoms with Crippen molar-refractivity contribution >= 4 is 29.6 Å². The predicted molar refractivity (Wildman–Crippen MR) is 115 cm³/mol. The van der Waals surface area contributed by atoms with E-state index >= 15 is 0 Å². The molecule has 170 valence electrons. The number of hydrogen-bond donors (Lipinski definition) is 2. The van der Waals surface area contributed by atoms with E-state index in [0.29, 0.717) is 30.8 Å². The zero-order valence-corrected chi connectivity index (χ0v) is 18.5. The van der Waals surface area contributed by atoms with Crippen LogP contribution in [0.15, 0.2) is 24.3 Å². The zero-order chi connectivity index (χ0) is 23.0. The van der Waals surface area contributed by atoms with Crippen molar-refractivity contribution in [1.29, 1.82) is 0 Å². The number of benzene rings is 1. The lowest BCUT2D eigenvalue weighted by Gasteiger charge is -2.33. The maximum absolute atomic E-state index is 12.4. The number of esters is 1. The van der Waals surface area contributed by atoms with Crippen LogP contribution in [0.3, 0.4) is 0 Å². The van der Waals surface area contributed by atoms with Crippen molar-refractivity contribution in [3.63, 3.8) is 0 Å². The molecule has 9 nitrogen and oxygen atoms in total. The normalized spacial score (nSPS) is 14.5. The molecule has 0 bridgehead atoms. The summed E-state index contributed by atoms with van der Waals surface area (Å²) in [5.41, 5.74) is 0.299. The number of likely N-dealkylation sites (tertiary alicyclic amines) is 1. The lowest BCUT2D eigenvalue weighted by molar-refractivity contribution is -0.139. The van der Waals surface area contributed by atoms with Gasteiger partial charge in [0.1, 0.15) is 12.1 Å². The third-order valence-electron chi connectivity index (χ3n) is 4.77. The first-order chi connectivity index (χ1) is 14.6. The van der Waals surface area contributed by atoms with Crippen LogP contribution in [0, 0.1) is 5.92 Å². The Labute approximate surface area is 182 Å². The Bertz CT molecular complexity index is 810. The Balaban J connectivity index is 1.81. The van der Waals surface area contributed by atoms with Crippen LogP contribution >= 0.6 is 0 Å². The third kappa shape index (κ3) is 8.27. The minimum Gasteiger partial charge on any atom is -0.468 e. The van der Waals surface area contributed by atoms with Crippen LogP contribution in [0.2, 0.25) is 0 Å². The maximum atomic E-state index is 12.4. The van der Waals surface area contributed by atoms with Gasteiger partial charge in [0.15, 0.2) is 0 Å². The first-order valence-electron chi connectivity index (χ1n) is 10.3. The van der Waals surface area contributed by atoms with Gasteiger partial charge in [0.05, 0.1) is 7.11 Å². The maximum Gasteiger partial charge on any atom is 0.410 e. The Morgan fingerprint density at radius 1 is 1.13 bits per heavy atom. The summed E-state index contributed by atoms with van der Waals surface area (Å²) in [5.74, 6) is -0.959. The summed E-state index contributed by atoms with van der Waals surface area (Å²) < 4.78 is 9.88. The van der Waals surface area contributed by atoms with Gasteiger partial charge in [0, 0.05) is 30.8 Å². The number of carbonyl (C=O) groups excluding carboxylic acids is 4. The van der Waals surface area contributed by atoms with E-state index in [0.717, 1.165) is 12.8 Å². The van der Waals surface area contributed by atoms with Crippen LogP contribution in [-0.4, -0.2) is 61.1 Å². The predicted octanol–water partition coefficient (Wildman–Crippen LogP) is 2.57. The van der Waals surface area contributed by atoms with Crippen molar-refractivity contribution in [2.24, 2.45) is 5.92 Å². The summed E-state index contributed by atoms with van der Waals surface area (Å²) in [6.07, 6.45) is 1.46. The molecule has 1 aliphatic heterocycles. The number of rotatable bonds is 6. The Hall–Kier alpha value is -3.10. The highest BCUT2D eigenvalue weighted by Gasteiger charge is 2.27. The minimum absolute atomic E-state index is 0.150. The van der Waals surface area contributed by atoms with Gasteiger partial charge in [-0.2, -0.15) is 0 Å². The number of nitrogens with zero attached hydrogens (tertiary/aromatic N) is 1. The van der Waals surface area contributed by atoms with Crippen LogP contribution in [0.25, 0.3) is 0 Å². The minimum atomic E-state index is -0.546. The lowest BCUT2D eigenvalue weighted by Crippen LogP contribution is -2.42. The van der Waals surface area contributed by atoms with Crippen molar-refractivity contribution in [3.8, 4) is 0 Å². The summed E-state index contributed by atoms with van der Waals surface area (Å²) in [7, 11) is 1.24. The van der Waals surface area contributed by atoms with Crippen LogP contribution in [0.4, 0.5) is 10.5 Å². The van der Waals surface area contributed by atoms with Crippen LogP contribution in [0.5, 0.6) is 0 Å². The van der Waals surface area contributed by atoms with E-state index in [1.165, 1.54) is 7.11 Å². The molecule has 0 unspecified atom stereocenters. The molecule has 3 amide bonds. The first kappa shape index (κ1) is 24.2. The molecular formula is C22H31N3O6. The van der Waals surface area contributed by atoms with Gasteiger partial charge in [0.2, 0.25) is 5.91 Å². The Morgan fingerprint density at radius 3 is 2.42 bits per heavy atom. The van der Waals surface area contributed by atoms with E-state index in [-0.39, 0.29) is 24.5 Å². The van der Waals surface area contributed by atoms with E-state index in [9.17, 15) is 19.2 Å². The average Bonchev–Trinajstić information content (AvgIpc) is 2.71.